The number of methoxy groups -OCH3 is 1. The minimum atomic E-state index is -4.52. The third kappa shape index (κ3) is 3.23. The third-order valence-electron chi connectivity index (χ3n) is 2.40. The first-order valence-electron chi connectivity index (χ1n) is 5.48. The van der Waals surface area contributed by atoms with Gasteiger partial charge in [0.2, 0.25) is 5.89 Å². The van der Waals surface area contributed by atoms with E-state index >= 15 is 0 Å². The number of hydrogen-bond acceptors (Lipinski definition) is 5. The van der Waals surface area contributed by atoms with Crippen LogP contribution in [0, 0.1) is 0 Å². The Morgan fingerprint density at radius 2 is 2.15 bits per heavy atom. The number of alkyl halides is 3. The molecule has 0 amide bonds. The van der Waals surface area contributed by atoms with Gasteiger partial charge in [0.25, 0.3) is 5.56 Å². The van der Waals surface area contributed by atoms with Crippen molar-refractivity contribution in [3.05, 3.63) is 46.0 Å². The van der Waals surface area contributed by atoms with Gasteiger partial charge >= 0.3 is 6.18 Å². The zero-order valence-corrected chi connectivity index (χ0v) is 10.3. The Morgan fingerprint density at radius 3 is 2.80 bits per heavy atom. The Balaban J connectivity index is 2.25. The van der Waals surface area contributed by atoms with Crippen LogP contribution in [0.15, 0.2) is 27.6 Å². The summed E-state index contributed by atoms with van der Waals surface area (Å²) in [4.78, 5) is 15.4. The van der Waals surface area contributed by atoms with E-state index in [1.165, 1.54) is 7.11 Å². The molecular weight excluding hydrogens is 279 g/mol. The highest BCUT2D eigenvalue weighted by molar-refractivity contribution is 5.14. The van der Waals surface area contributed by atoms with Crippen molar-refractivity contribution < 1.29 is 22.4 Å². The Hall–Kier alpha value is -2.16. The van der Waals surface area contributed by atoms with Crippen molar-refractivity contribution in [2.45, 2.75) is 19.3 Å². The van der Waals surface area contributed by atoms with E-state index in [9.17, 15) is 18.0 Å². The summed E-state index contributed by atoms with van der Waals surface area (Å²) in [6.07, 6.45) is -3.81. The molecule has 2 heterocycles. The van der Waals surface area contributed by atoms with Crippen LogP contribution in [0.2, 0.25) is 0 Å². The summed E-state index contributed by atoms with van der Waals surface area (Å²) in [6.45, 7) is -0.125. The monoisotopic (exact) mass is 289 g/mol. The lowest BCUT2D eigenvalue weighted by Crippen LogP contribution is -2.22. The largest absolute Gasteiger partial charge is 0.417 e. The maximum Gasteiger partial charge on any atom is 0.417 e. The lowest BCUT2D eigenvalue weighted by molar-refractivity contribution is -0.138. The van der Waals surface area contributed by atoms with E-state index in [0.29, 0.717) is 6.20 Å². The standard InChI is InChI=1S/C11H10F3N3O3/c1-19-6-8-15-9(20-16-8)5-17-4-7(11(12,13)14)2-3-10(17)18/h2-4H,5-6H2,1H3. The summed E-state index contributed by atoms with van der Waals surface area (Å²) in [7, 11) is 1.44. The second kappa shape index (κ2) is 5.45. The van der Waals surface area contributed by atoms with Crippen LogP contribution in [0.4, 0.5) is 13.2 Å². The number of rotatable bonds is 4. The molecule has 0 aliphatic rings. The molecule has 0 aliphatic heterocycles. The lowest BCUT2D eigenvalue weighted by atomic mass is 10.3. The summed E-state index contributed by atoms with van der Waals surface area (Å²) in [5, 5.41) is 3.55. The fourth-order valence-electron chi connectivity index (χ4n) is 1.51. The van der Waals surface area contributed by atoms with E-state index in [2.05, 4.69) is 10.1 Å². The minimum absolute atomic E-state index is 0.0264. The molecule has 0 saturated heterocycles. The fourth-order valence-corrected chi connectivity index (χ4v) is 1.51. The van der Waals surface area contributed by atoms with Crippen molar-refractivity contribution in [1.29, 1.82) is 0 Å². The van der Waals surface area contributed by atoms with E-state index < -0.39 is 17.3 Å². The molecule has 2 aromatic heterocycles. The number of ether oxygens (including phenoxy) is 1. The highest BCUT2D eigenvalue weighted by Crippen LogP contribution is 2.28. The first-order valence-corrected chi connectivity index (χ1v) is 5.48. The van der Waals surface area contributed by atoms with Gasteiger partial charge in [0.05, 0.1) is 5.56 Å². The van der Waals surface area contributed by atoms with Gasteiger partial charge in [0, 0.05) is 19.4 Å². The number of halogens is 3. The zero-order chi connectivity index (χ0) is 14.8. The van der Waals surface area contributed by atoms with Crippen molar-refractivity contribution in [1.82, 2.24) is 14.7 Å². The van der Waals surface area contributed by atoms with Gasteiger partial charge in [-0.1, -0.05) is 5.16 Å². The van der Waals surface area contributed by atoms with Crippen LogP contribution in [-0.4, -0.2) is 21.8 Å². The SMILES string of the molecule is COCc1noc(Cn2cc(C(F)(F)F)ccc2=O)n1. The predicted octanol–water partition coefficient (Wildman–Crippen LogP) is 1.44. The van der Waals surface area contributed by atoms with Crippen LogP contribution in [0.3, 0.4) is 0 Å². The molecule has 0 aliphatic carbocycles. The molecule has 6 nitrogen and oxygen atoms in total. The van der Waals surface area contributed by atoms with Crippen molar-refractivity contribution >= 4 is 0 Å². The van der Waals surface area contributed by atoms with Crippen LogP contribution in [0.25, 0.3) is 0 Å². The summed E-state index contributed by atoms with van der Waals surface area (Å²) in [5.41, 5.74) is -1.52. The molecule has 0 N–H and O–H groups in total. The number of nitrogens with zero attached hydrogens (tertiary/aromatic N) is 3. The molecule has 0 fully saturated rings. The predicted molar refractivity (Wildman–Crippen MR) is 59.8 cm³/mol. The zero-order valence-electron chi connectivity index (χ0n) is 10.3. The maximum atomic E-state index is 12.6. The van der Waals surface area contributed by atoms with Crippen LogP contribution in [-0.2, 0) is 24.1 Å². The molecule has 2 aromatic rings. The van der Waals surface area contributed by atoms with Crippen LogP contribution < -0.4 is 5.56 Å². The summed E-state index contributed by atoms with van der Waals surface area (Å²) in [6, 6.07) is 1.57. The van der Waals surface area contributed by atoms with E-state index in [4.69, 9.17) is 9.26 Å². The molecule has 0 bridgehead atoms. The van der Waals surface area contributed by atoms with Crippen LogP contribution >= 0.6 is 0 Å². The topological polar surface area (TPSA) is 70.2 Å². The van der Waals surface area contributed by atoms with E-state index in [-0.39, 0.29) is 24.9 Å². The highest BCUT2D eigenvalue weighted by atomic mass is 19.4. The molecule has 0 saturated carbocycles. The Kier molecular flexibility index (Phi) is 3.89. The highest BCUT2D eigenvalue weighted by Gasteiger charge is 2.31. The minimum Gasteiger partial charge on any atom is -0.377 e. The second-order valence-corrected chi connectivity index (χ2v) is 3.92. The van der Waals surface area contributed by atoms with E-state index in [1.807, 2.05) is 0 Å². The number of aromatic nitrogens is 3. The first-order chi connectivity index (χ1) is 9.40. The van der Waals surface area contributed by atoms with Gasteiger partial charge in [-0.25, -0.2) is 0 Å². The van der Waals surface area contributed by atoms with Gasteiger partial charge < -0.3 is 13.8 Å². The Morgan fingerprint density at radius 1 is 1.40 bits per heavy atom. The molecule has 9 heteroatoms. The molecule has 0 aromatic carbocycles. The fraction of sp³-hybridized carbons (Fsp3) is 0.364. The van der Waals surface area contributed by atoms with Crippen LogP contribution in [0.5, 0.6) is 0 Å². The molecule has 0 spiro atoms. The molecule has 108 valence electrons. The third-order valence-corrected chi connectivity index (χ3v) is 2.40. The number of pyridine rings is 1. The number of hydrogen-bond donors (Lipinski definition) is 0. The van der Waals surface area contributed by atoms with Gasteiger partial charge in [0.15, 0.2) is 5.82 Å². The Bertz CT molecular complexity index is 648. The van der Waals surface area contributed by atoms with Crippen molar-refractivity contribution in [2.75, 3.05) is 7.11 Å². The van der Waals surface area contributed by atoms with Gasteiger partial charge in [0.1, 0.15) is 13.2 Å². The van der Waals surface area contributed by atoms with Crippen molar-refractivity contribution in [3.63, 3.8) is 0 Å². The summed E-state index contributed by atoms with van der Waals surface area (Å²) in [5.74, 6) is 0.279. The van der Waals surface area contributed by atoms with Gasteiger partial charge in [-0.3, -0.25) is 4.79 Å². The first kappa shape index (κ1) is 14.3. The van der Waals surface area contributed by atoms with E-state index in [1.54, 1.807) is 0 Å². The summed E-state index contributed by atoms with van der Waals surface area (Å²) < 4.78 is 48.1. The normalized spacial score (nSPS) is 11.8. The molecule has 2 rings (SSSR count). The molecule has 0 atom stereocenters. The quantitative estimate of drug-likeness (QED) is 0.852. The average Bonchev–Trinajstić information content (AvgIpc) is 2.78. The Labute approximate surface area is 110 Å². The molecule has 0 radical (unpaired) electrons. The van der Waals surface area contributed by atoms with Crippen LogP contribution in [0.1, 0.15) is 17.3 Å². The van der Waals surface area contributed by atoms with Gasteiger partial charge in [-0.05, 0) is 6.07 Å². The van der Waals surface area contributed by atoms with Crippen molar-refractivity contribution in [3.8, 4) is 0 Å². The van der Waals surface area contributed by atoms with E-state index in [0.717, 1.165) is 16.7 Å². The van der Waals surface area contributed by atoms with Gasteiger partial charge in [-0.15, -0.1) is 0 Å². The molecule has 0 unspecified atom stereocenters. The summed E-state index contributed by atoms with van der Waals surface area (Å²) >= 11 is 0. The molecular formula is C11H10F3N3O3. The maximum absolute atomic E-state index is 12.6. The van der Waals surface area contributed by atoms with Gasteiger partial charge in [-0.2, -0.15) is 18.2 Å². The van der Waals surface area contributed by atoms with Crippen molar-refractivity contribution in [2.24, 2.45) is 0 Å². The lowest BCUT2D eigenvalue weighted by Gasteiger charge is -2.08. The second-order valence-electron chi connectivity index (χ2n) is 3.92. The molecule has 20 heavy (non-hydrogen) atoms. The average molecular weight is 289 g/mol. The smallest absolute Gasteiger partial charge is 0.377 e.